The van der Waals surface area contributed by atoms with Crippen LogP contribution < -0.4 is 0 Å². The maximum absolute atomic E-state index is 10.1. The lowest BCUT2D eigenvalue weighted by Crippen LogP contribution is -2.07. The van der Waals surface area contributed by atoms with Crippen LogP contribution in [0, 0.1) is 5.92 Å². The molecule has 1 aromatic carbocycles. The van der Waals surface area contributed by atoms with Gasteiger partial charge in [-0.25, -0.2) is 0 Å². The fourth-order valence-corrected chi connectivity index (χ4v) is 2.24. The van der Waals surface area contributed by atoms with E-state index in [1.807, 2.05) is 12.1 Å². The van der Waals surface area contributed by atoms with E-state index in [4.69, 9.17) is 4.74 Å². The average molecular weight is 220 g/mol. The molecule has 2 atom stereocenters. The highest BCUT2D eigenvalue weighted by Gasteiger charge is 2.20. The van der Waals surface area contributed by atoms with Gasteiger partial charge >= 0.3 is 0 Å². The van der Waals surface area contributed by atoms with Crippen molar-refractivity contribution in [2.45, 2.75) is 32.3 Å². The first-order valence-corrected chi connectivity index (χ1v) is 6.14. The highest BCUT2D eigenvalue weighted by atomic mass is 16.5. The van der Waals surface area contributed by atoms with Gasteiger partial charge in [-0.05, 0) is 36.3 Å². The molecule has 2 rings (SSSR count). The molecule has 16 heavy (non-hydrogen) atoms. The third-order valence-corrected chi connectivity index (χ3v) is 3.32. The number of hydrogen-bond donors (Lipinski definition) is 1. The van der Waals surface area contributed by atoms with Crippen LogP contribution in [0.25, 0.3) is 0 Å². The van der Waals surface area contributed by atoms with Gasteiger partial charge in [-0.1, -0.05) is 31.2 Å². The minimum atomic E-state index is -0.335. The van der Waals surface area contributed by atoms with E-state index in [0.717, 1.165) is 38.0 Å². The highest BCUT2D eigenvalue weighted by molar-refractivity contribution is 5.25. The van der Waals surface area contributed by atoms with Gasteiger partial charge in [-0.2, -0.15) is 0 Å². The zero-order valence-corrected chi connectivity index (χ0v) is 9.86. The third kappa shape index (κ3) is 2.83. The summed E-state index contributed by atoms with van der Waals surface area (Å²) in [5, 5.41) is 10.1. The Labute approximate surface area is 97.3 Å². The number of benzene rings is 1. The summed E-state index contributed by atoms with van der Waals surface area (Å²) in [7, 11) is 0. The Balaban J connectivity index is 1.98. The molecule has 2 unspecified atom stereocenters. The van der Waals surface area contributed by atoms with Gasteiger partial charge in [-0.3, -0.25) is 0 Å². The van der Waals surface area contributed by atoms with Gasteiger partial charge in [0.1, 0.15) is 0 Å². The Morgan fingerprint density at radius 1 is 1.50 bits per heavy atom. The zero-order valence-electron chi connectivity index (χ0n) is 9.86. The van der Waals surface area contributed by atoms with Crippen LogP contribution in [0.15, 0.2) is 24.3 Å². The van der Waals surface area contributed by atoms with Crippen LogP contribution in [-0.2, 0) is 11.2 Å². The maximum atomic E-state index is 10.1. The minimum Gasteiger partial charge on any atom is -0.388 e. The molecule has 0 bridgehead atoms. The first kappa shape index (κ1) is 11.6. The Bertz CT molecular complexity index is 329. The van der Waals surface area contributed by atoms with E-state index < -0.39 is 0 Å². The molecular formula is C14H20O2. The lowest BCUT2D eigenvalue weighted by atomic mass is 9.95. The molecule has 1 aliphatic heterocycles. The molecule has 1 aliphatic rings. The van der Waals surface area contributed by atoms with Crippen molar-refractivity contribution in [2.75, 3.05) is 13.2 Å². The van der Waals surface area contributed by atoms with E-state index in [1.165, 1.54) is 5.56 Å². The molecule has 2 heteroatoms. The molecule has 0 amide bonds. The minimum absolute atomic E-state index is 0.335. The van der Waals surface area contributed by atoms with Crippen molar-refractivity contribution >= 4 is 0 Å². The van der Waals surface area contributed by atoms with Gasteiger partial charge in [0.2, 0.25) is 0 Å². The van der Waals surface area contributed by atoms with Crippen molar-refractivity contribution in [2.24, 2.45) is 5.92 Å². The summed E-state index contributed by atoms with van der Waals surface area (Å²) >= 11 is 0. The molecule has 0 saturated carbocycles. The van der Waals surface area contributed by atoms with Gasteiger partial charge in [-0.15, -0.1) is 0 Å². The normalized spacial score (nSPS) is 22.2. The molecule has 0 radical (unpaired) electrons. The van der Waals surface area contributed by atoms with Crippen molar-refractivity contribution < 1.29 is 9.84 Å². The fraction of sp³-hybridized carbons (Fsp3) is 0.571. The van der Waals surface area contributed by atoms with E-state index in [9.17, 15) is 5.11 Å². The van der Waals surface area contributed by atoms with Gasteiger partial charge in [0.25, 0.3) is 0 Å². The lowest BCUT2D eigenvalue weighted by Gasteiger charge is -2.15. The Morgan fingerprint density at radius 2 is 2.38 bits per heavy atom. The van der Waals surface area contributed by atoms with E-state index in [1.54, 1.807) is 0 Å². The second-order valence-corrected chi connectivity index (χ2v) is 4.58. The standard InChI is InChI=1S/C14H20O2/c1-2-11-4-3-5-13(8-11)14(15)9-12-6-7-16-10-12/h3-5,8,12,14-15H,2,6-7,9-10H2,1H3. The second kappa shape index (κ2) is 5.46. The third-order valence-electron chi connectivity index (χ3n) is 3.32. The summed E-state index contributed by atoms with van der Waals surface area (Å²) in [5.41, 5.74) is 2.34. The van der Waals surface area contributed by atoms with Crippen LogP contribution in [0.3, 0.4) is 0 Å². The lowest BCUT2D eigenvalue weighted by molar-refractivity contribution is 0.129. The van der Waals surface area contributed by atoms with Crippen molar-refractivity contribution in [1.29, 1.82) is 0 Å². The topological polar surface area (TPSA) is 29.5 Å². The Morgan fingerprint density at radius 3 is 3.06 bits per heavy atom. The largest absolute Gasteiger partial charge is 0.388 e. The smallest absolute Gasteiger partial charge is 0.0793 e. The summed E-state index contributed by atoms with van der Waals surface area (Å²) in [6, 6.07) is 8.26. The van der Waals surface area contributed by atoms with Gasteiger partial charge in [0, 0.05) is 13.2 Å². The predicted octanol–water partition coefficient (Wildman–Crippen LogP) is 2.71. The number of aliphatic hydroxyl groups is 1. The Hall–Kier alpha value is -0.860. The van der Waals surface area contributed by atoms with Crippen LogP contribution in [0.5, 0.6) is 0 Å². The van der Waals surface area contributed by atoms with Crippen LogP contribution in [0.2, 0.25) is 0 Å². The summed E-state index contributed by atoms with van der Waals surface area (Å²) < 4.78 is 5.33. The molecule has 88 valence electrons. The molecule has 1 fully saturated rings. The van der Waals surface area contributed by atoms with E-state index in [0.29, 0.717) is 5.92 Å². The summed E-state index contributed by atoms with van der Waals surface area (Å²) in [6.07, 6.45) is 2.60. The van der Waals surface area contributed by atoms with E-state index in [-0.39, 0.29) is 6.10 Å². The molecule has 1 aromatic rings. The number of ether oxygens (including phenoxy) is 1. The maximum Gasteiger partial charge on any atom is 0.0793 e. The number of hydrogen-bond acceptors (Lipinski definition) is 2. The van der Waals surface area contributed by atoms with Gasteiger partial charge in [0.15, 0.2) is 0 Å². The van der Waals surface area contributed by atoms with E-state index >= 15 is 0 Å². The SMILES string of the molecule is CCc1cccc(C(O)CC2CCOC2)c1. The molecular weight excluding hydrogens is 200 g/mol. The van der Waals surface area contributed by atoms with Crippen molar-refractivity contribution in [3.8, 4) is 0 Å². The molecule has 1 heterocycles. The predicted molar refractivity (Wildman–Crippen MR) is 64.3 cm³/mol. The molecule has 1 N–H and O–H groups in total. The zero-order chi connectivity index (χ0) is 11.4. The fourth-order valence-electron chi connectivity index (χ4n) is 2.24. The molecule has 2 nitrogen and oxygen atoms in total. The highest BCUT2D eigenvalue weighted by Crippen LogP contribution is 2.26. The van der Waals surface area contributed by atoms with Crippen LogP contribution in [0.4, 0.5) is 0 Å². The Kier molecular flexibility index (Phi) is 3.97. The summed E-state index contributed by atoms with van der Waals surface area (Å²) in [6.45, 7) is 3.80. The average Bonchev–Trinajstić information content (AvgIpc) is 2.82. The van der Waals surface area contributed by atoms with Crippen molar-refractivity contribution in [3.63, 3.8) is 0 Å². The molecule has 0 aromatic heterocycles. The van der Waals surface area contributed by atoms with Crippen LogP contribution >= 0.6 is 0 Å². The molecule has 0 aliphatic carbocycles. The monoisotopic (exact) mass is 220 g/mol. The number of rotatable bonds is 4. The van der Waals surface area contributed by atoms with Crippen molar-refractivity contribution in [3.05, 3.63) is 35.4 Å². The van der Waals surface area contributed by atoms with E-state index in [2.05, 4.69) is 19.1 Å². The first-order chi connectivity index (χ1) is 7.79. The quantitative estimate of drug-likeness (QED) is 0.845. The van der Waals surface area contributed by atoms with Gasteiger partial charge in [0.05, 0.1) is 6.10 Å². The summed E-state index contributed by atoms with van der Waals surface area (Å²) in [4.78, 5) is 0. The molecule has 0 spiro atoms. The molecule has 1 saturated heterocycles. The summed E-state index contributed by atoms with van der Waals surface area (Å²) in [5.74, 6) is 0.528. The van der Waals surface area contributed by atoms with Gasteiger partial charge < -0.3 is 9.84 Å². The van der Waals surface area contributed by atoms with Crippen LogP contribution in [0.1, 0.15) is 37.0 Å². The van der Waals surface area contributed by atoms with Crippen molar-refractivity contribution in [1.82, 2.24) is 0 Å². The first-order valence-electron chi connectivity index (χ1n) is 6.14. The second-order valence-electron chi connectivity index (χ2n) is 4.58. The number of aryl methyl sites for hydroxylation is 1. The number of aliphatic hydroxyl groups excluding tert-OH is 1. The van der Waals surface area contributed by atoms with Crippen LogP contribution in [-0.4, -0.2) is 18.3 Å².